The van der Waals surface area contributed by atoms with Gasteiger partial charge < -0.3 is 0 Å². The Kier molecular flexibility index (Phi) is 3.83. The van der Waals surface area contributed by atoms with Crippen LogP contribution in [-0.4, -0.2) is 59.1 Å². The lowest BCUT2D eigenvalue weighted by atomic mass is 10.1. The van der Waals surface area contributed by atoms with E-state index in [0.29, 0.717) is 17.5 Å². The van der Waals surface area contributed by atoms with E-state index < -0.39 is 10.0 Å². The van der Waals surface area contributed by atoms with Crippen molar-refractivity contribution in [3.05, 3.63) is 12.4 Å². The third kappa shape index (κ3) is 2.62. The third-order valence-corrected chi connectivity index (χ3v) is 6.53. The number of sulfonamides is 1. The van der Waals surface area contributed by atoms with Crippen molar-refractivity contribution in [2.45, 2.75) is 56.6 Å². The lowest BCUT2D eigenvalue weighted by Gasteiger charge is -2.41. The van der Waals surface area contributed by atoms with Crippen molar-refractivity contribution < 1.29 is 8.42 Å². The van der Waals surface area contributed by atoms with E-state index in [1.165, 1.54) is 12.6 Å². The number of nitrogens with zero attached hydrogens (tertiary/aromatic N) is 4. The van der Waals surface area contributed by atoms with Crippen molar-refractivity contribution in [2.24, 2.45) is 0 Å². The summed E-state index contributed by atoms with van der Waals surface area (Å²) in [5.41, 5.74) is 0. The van der Waals surface area contributed by atoms with Gasteiger partial charge in [-0.1, -0.05) is 0 Å². The second-order valence-electron chi connectivity index (χ2n) is 6.46. The minimum absolute atomic E-state index is 0.0201. The van der Waals surface area contributed by atoms with E-state index in [4.69, 9.17) is 0 Å². The number of fused-ring (bicyclic) bond motifs is 1. The highest BCUT2D eigenvalue weighted by atomic mass is 32.2. The summed E-state index contributed by atoms with van der Waals surface area (Å²) in [6, 6.07) is 0.570. The van der Waals surface area contributed by atoms with Crippen molar-refractivity contribution in [3.63, 3.8) is 0 Å². The molecule has 0 N–H and O–H groups in total. The van der Waals surface area contributed by atoms with Crippen LogP contribution in [0.5, 0.6) is 0 Å². The quantitative estimate of drug-likeness (QED) is 0.845. The first-order valence-electron chi connectivity index (χ1n) is 7.69. The van der Waals surface area contributed by atoms with Gasteiger partial charge in [-0.2, -0.15) is 9.40 Å². The van der Waals surface area contributed by atoms with Gasteiger partial charge in [0.15, 0.2) is 0 Å². The topological polar surface area (TPSA) is 58.4 Å². The molecule has 7 heteroatoms. The number of aromatic nitrogens is 2. The van der Waals surface area contributed by atoms with Gasteiger partial charge in [0.1, 0.15) is 4.90 Å². The van der Waals surface area contributed by atoms with Crippen molar-refractivity contribution in [2.75, 3.05) is 19.6 Å². The molecule has 1 aromatic heterocycles. The van der Waals surface area contributed by atoms with Crippen LogP contribution in [0.3, 0.4) is 0 Å². The van der Waals surface area contributed by atoms with E-state index >= 15 is 0 Å². The van der Waals surface area contributed by atoms with Gasteiger partial charge in [-0.25, -0.2) is 8.42 Å². The third-order valence-electron chi connectivity index (χ3n) is 4.59. The first-order valence-corrected chi connectivity index (χ1v) is 9.13. The molecule has 2 fully saturated rings. The Morgan fingerprint density at radius 2 is 2.10 bits per heavy atom. The normalized spacial score (nSPS) is 28.2. The summed E-state index contributed by atoms with van der Waals surface area (Å²) >= 11 is 0. The van der Waals surface area contributed by atoms with Crippen molar-refractivity contribution >= 4 is 10.0 Å². The highest BCUT2D eigenvalue weighted by Gasteiger charge is 2.40. The molecule has 0 radical (unpaired) electrons. The molecule has 3 rings (SSSR count). The van der Waals surface area contributed by atoms with Gasteiger partial charge in [-0.15, -0.1) is 0 Å². The summed E-state index contributed by atoms with van der Waals surface area (Å²) in [6.07, 6.45) is 5.40. The number of hydrogen-bond donors (Lipinski definition) is 0. The molecule has 6 nitrogen and oxygen atoms in total. The van der Waals surface area contributed by atoms with Crippen LogP contribution >= 0.6 is 0 Å². The van der Waals surface area contributed by atoms with Crippen molar-refractivity contribution in [3.8, 4) is 0 Å². The van der Waals surface area contributed by atoms with Crippen LogP contribution in [-0.2, 0) is 10.0 Å². The number of rotatable bonds is 3. The Morgan fingerprint density at radius 3 is 2.76 bits per heavy atom. The van der Waals surface area contributed by atoms with Crippen LogP contribution in [0, 0.1) is 0 Å². The minimum Gasteiger partial charge on any atom is -0.297 e. The Hall–Kier alpha value is -0.920. The molecule has 0 bridgehead atoms. The largest absolute Gasteiger partial charge is 0.297 e. The molecule has 2 saturated heterocycles. The monoisotopic (exact) mass is 312 g/mol. The van der Waals surface area contributed by atoms with Gasteiger partial charge >= 0.3 is 0 Å². The second kappa shape index (κ2) is 5.37. The van der Waals surface area contributed by atoms with Gasteiger partial charge in [0.2, 0.25) is 10.0 Å². The van der Waals surface area contributed by atoms with Gasteiger partial charge in [0, 0.05) is 37.4 Å². The molecule has 0 aromatic carbocycles. The predicted octanol–water partition coefficient (Wildman–Crippen LogP) is 1.32. The summed E-state index contributed by atoms with van der Waals surface area (Å²) in [5, 5.41) is 4.17. The zero-order chi connectivity index (χ0) is 15.2. The van der Waals surface area contributed by atoms with E-state index in [1.807, 2.05) is 20.8 Å². The lowest BCUT2D eigenvalue weighted by Crippen LogP contribution is -2.56. The molecule has 2 aliphatic heterocycles. The molecule has 2 aliphatic rings. The van der Waals surface area contributed by atoms with E-state index in [0.717, 1.165) is 19.5 Å². The van der Waals surface area contributed by atoms with Crippen LogP contribution in [0.4, 0.5) is 0 Å². The zero-order valence-corrected chi connectivity index (χ0v) is 13.8. The summed E-state index contributed by atoms with van der Waals surface area (Å²) in [4.78, 5) is 2.74. The molecule has 0 aliphatic carbocycles. The lowest BCUT2D eigenvalue weighted by molar-refractivity contribution is 0.117. The minimum atomic E-state index is -3.44. The van der Waals surface area contributed by atoms with E-state index in [1.54, 1.807) is 15.2 Å². The molecule has 21 heavy (non-hydrogen) atoms. The molecule has 2 unspecified atom stereocenters. The van der Waals surface area contributed by atoms with Crippen molar-refractivity contribution in [1.82, 2.24) is 19.0 Å². The average Bonchev–Trinajstić information content (AvgIpc) is 3.06. The van der Waals surface area contributed by atoms with E-state index in [2.05, 4.69) is 10.00 Å². The Bertz CT molecular complexity index is 610. The molecule has 1 aromatic rings. The van der Waals surface area contributed by atoms with Crippen LogP contribution in [0.1, 0.15) is 39.7 Å². The summed E-state index contributed by atoms with van der Waals surface area (Å²) in [6.45, 7) is 8.53. The maximum Gasteiger partial charge on any atom is 0.246 e. The fraction of sp³-hybridized carbons (Fsp3) is 0.786. The average molecular weight is 312 g/mol. The maximum atomic E-state index is 12.9. The maximum absolute atomic E-state index is 12.9. The van der Waals surface area contributed by atoms with Crippen LogP contribution in [0.15, 0.2) is 17.3 Å². The Labute approximate surface area is 126 Å². The first-order chi connectivity index (χ1) is 9.89. The van der Waals surface area contributed by atoms with Crippen LogP contribution in [0.25, 0.3) is 0 Å². The van der Waals surface area contributed by atoms with Crippen molar-refractivity contribution in [1.29, 1.82) is 0 Å². The van der Waals surface area contributed by atoms with Gasteiger partial charge in [0.25, 0.3) is 0 Å². The molecule has 3 heterocycles. The second-order valence-corrected chi connectivity index (χ2v) is 8.36. The highest BCUT2D eigenvalue weighted by Crippen LogP contribution is 2.29. The van der Waals surface area contributed by atoms with Gasteiger partial charge in [-0.3, -0.25) is 9.58 Å². The number of hydrogen-bond acceptors (Lipinski definition) is 4. The van der Waals surface area contributed by atoms with Gasteiger partial charge in [0.05, 0.1) is 6.20 Å². The summed E-state index contributed by atoms with van der Waals surface area (Å²) < 4.78 is 29.1. The fourth-order valence-electron chi connectivity index (χ4n) is 3.37. The van der Waals surface area contributed by atoms with E-state index in [9.17, 15) is 8.42 Å². The Morgan fingerprint density at radius 1 is 1.33 bits per heavy atom. The SMILES string of the molecule is CC1CN2CCCC2CN1S(=O)(=O)c1cnn(C(C)C)c1. The molecular formula is C14H24N4O2S. The first kappa shape index (κ1) is 15.0. The molecule has 0 spiro atoms. The summed E-state index contributed by atoms with van der Waals surface area (Å²) in [5.74, 6) is 0. The fourth-order valence-corrected chi connectivity index (χ4v) is 4.97. The molecular weight excluding hydrogens is 288 g/mol. The predicted molar refractivity (Wildman–Crippen MR) is 80.6 cm³/mol. The van der Waals surface area contributed by atoms with Crippen LogP contribution in [0.2, 0.25) is 0 Å². The van der Waals surface area contributed by atoms with Gasteiger partial charge in [-0.05, 0) is 40.2 Å². The highest BCUT2D eigenvalue weighted by molar-refractivity contribution is 7.89. The Balaban J connectivity index is 1.86. The molecule has 118 valence electrons. The standard InChI is InChI=1S/C14H24N4O2S/c1-11(2)17-10-14(7-15-17)21(19,20)18-9-13-5-4-6-16(13)8-12(18)3/h7,10-13H,4-6,8-9H2,1-3H3. The molecule has 0 amide bonds. The van der Waals surface area contributed by atoms with Crippen LogP contribution < -0.4 is 0 Å². The smallest absolute Gasteiger partial charge is 0.246 e. The molecule has 2 atom stereocenters. The molecule has 0 saturated carbocycles. The number of piperazine rings is 1. The zero-order valence-electron chi connectivity index (χ0n) is 12.9. The summed E-state index contributed by atoms with van der Waals surface area (Å²) in [7, 11) is -3.44. The van der Waals surface area contributed by atoms with E-state index in [-0.39, 0.29) is 12.1 Å².